The maximum Gasteiger partial charge on any atom is 0.138 e. The largest absolute Gasteiger partial charge is 0.388 e. The zero-order chi connectivity index (χ0) is 13.2. The minimum absolute atomic E-state index is 0.480. The Morgan fingerprint density at radius 3 is 3.05 bits per heavy atom. The Bertz CT molecular complexity index is 580. The molecule has 3 rings (SSSR count). The third-order valence-corrected chi connectivity index (χ3v) is 3.50. The number of nitrogens with zero attached hydrogens (tertiary/aromatic N) is 3. The van der Waals surface area contributed by atoms with Gasteiger partial charge in [-0.15, -0.1) is 0 Å². The number of ether oxygens (including phenoxy) is 1. The number of aliphatic hydroxyl groups excluding tert-OH is 1. The quantitative estimate of drug-likeness (QED) is 0.906. The smallest absolute Gasteiger partial charge is 0.138 e. The highest BCUT2D eigenvalue weighted by molar-refractivity contribution is 5.34. The van der Waals surface area contributed by atoms with Crippen LogP contribution in [-0.4, -0.2) is 19.9 Å². The summed E-state index contributed by atoms with van der Waals surface area (Å²) in [6.45, 7) is 4.09. The fourth-order valence-electron chi connectivity index (χ4n) is 2.40. The lowest BCUT2D eigenvalue weighted by Crippen LogP contribution is -2.09. The fourth-order valence-corrected chi connectivity index (χ4v) is 2.40. The molecule has 1 atom stereocenters. The van der Waals surface area contributed by atoms with Crippen molar-refractivity contribution in [1.29, 1.82) is 0 Å². The Morgan fingerprint density at radius 2 is 2.21 bits per heavy atom. The van der Waals surface area contributed by atoms with Crippen molar-refractivity contribution in [2.45, 2.75) is 39.2 Å². The molecule has 1 N–H and O–H groups in total. The maximum atomic E-state index is 10.3. The van der Waals surface area contributed by atoms with Crippen molar-refractivity contribution in [2.24, 2.45) is 0 Å². The molecule has 2 heterocycles. The van der Waals surface area contributed by atoms with Crippen molar-refractivity contribution in [1.82, 2.24) is 14.8 Å². The van der Waals surface area contributed by atoms with Crippen LogP contribution in [0.15, 0.2) is 24.5 Å². The van der Waals surface area contributed by atoms with Crippen molar-refractivity contribution in [3.05, 3.63) is 47.0 Å². The Balaban J connectivity index is 1.79. The second kappa shape index (κ2) is 5.11. The van der Waals surface area contributed by atoms with Crippen LogP contribution in [0.25, 0.3) is 0 Å². The molecule has 5 nitrogen and oxygen atoms in total. The number of hydrogen-bond acceptors (Lipinski definition) is 4. The summed E-state index contributed by atoms with van der Waals surface area (Å²) in [5, 5.41) is 14.4. The highest BCUT2D eigenvalue weighted by atomic mass is 16.5. The maximum absolute atomic E-state index is 10.3. The highest BCUT2D eigenvalue weighted by Gasteiger charge is 2.16. The first-order chi connectivity index (χ1) is 9.28. The van der Waals surface area contributed by atoms with Gasteiger partial charge in [0.25, 0.3) is 0 Å². The molecule has 0 amide bonds. The van der Waals surface area contributed by atoms with Crippen LogP contribution in [0.4, 0.5) is 0 Å². The summed E-state index contributed by atoms with van der Waals surface area (Å²) in [6.07, 6.45) is 1.45. The molecule has 19 heavy (non-hydrogen) atoms. The van der Waals surface area contributed by atoms with Crippen molar-refractivity contribution in [3.63, 3.8) is 0 Å². The van der Waals surface area contributed by atoms with E-state index in [4.69, 9.17) is 4.74 Å². The summed E-state index contributed by atoms with van der Waals surface area (Å²) in [4.78, 5) is 4.19. The number of aromatic nitrogens is 3. The summed E-state index contributed by atoms with van der Waals surface area (Å²) in [5.41, 5.74) is 3.30. The van der Waals surface area contributed by atoms with Gasteiger partial charge in [-0.25, -0.2) is 4.98 Å². The van der Waals surface area contributed by atoms with Gasteiger partial charge in [0.1, 0.15) is 12.2 Å². The first-order valence-electron chi connectivity index (χ1n) is 6.52. The van der Waals surface area contributed by atoms with Gasteiger partial charge in [-0.1, -0.05) is 18.2 Å². The Kier molecular flexibility index (Phi) is 3.31. The van der Waals surface area contributed by atoms with E-state index in [0.29, 0.717) is 19.6 Å². The minimum Gasteiger partial charge on any atom is -0.388 e. The average molecular weight is 259 g/mol. The van der Waals surface area contributed by atoms with E-state index in [2.05, 4.69) is 10.1 Å². The van der Waals surface area contributed by atoms with E-state index in [1.807, 2.05) is 25.1 Å². The predicted molar refractivity (Wildman–Crippen MR) is 69.3 cm³/mol. The Hall–Kier alpha value is -1.72. The van der Waals surface area contributed by atoms with Crippen LogP contribution in [0.3, 0.4) is 0 Å². The van der Waals surface area contributed by atoms with E-state index in [1.54, 1.807) is 4.68 Å². The lowest BCUT2D eigenvalue weighted by molar-refractivity contribution is 0.134. The van der Waals surface area contributed by atoms with Gasteiger partial charge in [-0.05, 0) is 23.6 Å². The van der Waals surface area contributed by atoms with E-state index in [1.165, 1.54) is 17.5 Å². The number of aryl methyl sites for hydroxylation is 1. The van der Waals surface area contributed by atoms with Gasteiger partial charge in [0, 0.05) is 13.0 Å². The molecule has 1 aliphatic heterocycles. The lowest BCUT2D eigenvalue weighted by Gasteiger charge is -2.12. The van der Waals surface area contributed by atoms with Gasteiger partial charge in [0.15, 0.2) is 0 Å². The number of aliphatic hydroxyl groups is 1. The monoisotopic (exact) mass is 259 g/mol. The summed E-state index contributed by atoms with van der Waals surface area (Å²) in [7, 11) is 0. The average Bonchev–Trinajstić information content (AvgIpc) is 3.05. The molecule has 0 bridgehead atoms. The topological polar surface area (TPSA) is 60.2 Å². The third-order valence-electron chi connectivity index (χ3n) is 3.50. The predicted octanol–water partition coefficient (Wildman–Crippen LogP) is 1.60. The van der Waals surface area contributed by atoms with Crippen LogP contribution in [0.5, 0.6) is 0 Å². The molecule has 5 heteroatoms. The first-order valence-corrected chi connectivity index (χ1v) is 6.52. The van der Waals surface area contributed by atoms with Crippen LogP contribution in [0, 0.1) is 0 Å². The van der Waals surface area contributed by atoms with Crippen molar-refractivity contribution < 1.29 is 9.84 Å². The minimum atomic E-state index is -0.555. The molecule has 0 saturated heterocycles. The van der Waals surface area contributed by atoms with E-state index in [0.717, 1.165) is 17.9 Å². The van der Waals surface area contributed by atoms with E-state index < -0.39 is 6.10 Å². The van der Waals surface area contributed by atoms with Gasteiger partial charge in [0.05, 0.1) is 19.3 Å². The molecule has 0 spiro atoms. The highest BCUT2D eigenvalue weighted by Crippen LogP contribution is 2.25. The molecule has 0 saturated carbocycles. The third kappa shape index (κ3) is 2.39. The van der Waals surface area contributed by atoms with Gasteiger partial charge in [-0.3, -0.25) is 4.68 Å². The number of hydrogen-bond donors (Lipinski definition) is 1. The summed E-state index contributed by atoms with van der Waals surface area (Å²) in [6, 6.07) is 6.02. The van der Waals surface area contributed by atoms with Crippen LogP contribution in [-0.2, 0) is 30.9 Å². The molecule has 1 unspecified atom stereocenters. The summed E-state index contributed by atoms with van der Waals surface area (Å²) >= 11 is 0. The Morgan fingerprint density at radius 1 is 1.37 bits per heavy atom. The second-order valence-corrected chi connectivity index (χ2v) is 4.73. The number of benzene rings is 1. The molecule has 1 aromatic heterocycles. The Labute approximate surface area is 111 Å². The molecule has 1 aromatic carbocycles. The number of fused-ring (bicyclic) bond motifs is 1. The molecular formula is C14H17N3O2. The summed E-state index contributed by atoms with van der Waals surface area (Å²) in [5.74, 6) is 0.812. The van der Waals surface area contributed by atoms with E-state index in [-0.39, 0.29) is 0 Å². The SMILES string of the molecule is CCn1ncnc1CC(O)c1ccc2c(c1)COC2. The molecule has 2 aromatic rings. The molecule has 1 aliphatic rings. The molecule has 0 fully saturated rings. The van der Waals surface area contributed by atoms with Crippen LogP contribution >= 0.6 is 0 Å². The van der Waals surface area contributed by atoms with Crippen molar-refractivity contribution >= 4 is 0 Å². The molecule has 100 valence electrons. The van der Waals surface area contributed by atoms with Crippen LogP contribution < -0.4 is 0 Å². The second-order valence-electron chi connectivity index (χ2n) is 4.73. The first kappa shape index (κ1) is 12.3. The van der Waals surface area contributed by atoms with Crippen LogP contribution in [0.2, 0.25) is 0 Å². The van der Waals surface area contributed by atoms with Crippen molar-refractivity contribution in [3.8, 4) is 0 Å². The molecule has 0 aliphatic carbocycles. The molecular weight excluding hydrogens is 242 g/mol. The van der Waals surface area contributed by atoms with Crippen LogP contribution in [0.1, 0.15) is 35.5 Å². The van der Waals surface area contributed by atoms with E-state index >= 15 is 0 Å². The van der Waals surface area contributed by atoms with Gasteiger partial charge in [0.2, 0.25) is 0 Å². The van der Waals surface area contributed by atoms with E-state index in [9.17, 15) is 5.11 Å². The zero-order valence-electron chi connectivity index (χ0n) is 10.9. The molecule has 0 radical (unpaired) electrons. The lowest BCUT2D eigenvalue weighted by atomic mass is 10.0. The summed E-state index contributed by atoms with van der Waals surface area (Å²) < 4.78 is 7.19. The van der Waals surface area contributed by atoms with Gasteiger partial charge >= 0.3 is 0 Å². The number of rotatable bonds is 4. The van der Waals surface area contributed by atoms with Gasteiger partial charge in [-0.2, -0.15) is 5.10 Å². The zero-order valence-corrected chi connectivity index (χ0v) is 10.9. The fraction of sp³-hybridized carbons (Fsp3) is 0.429. The normalized spacial score (nSPS) is 15.5. The van der Waals surface area contributed by atoms with Gasteiger partial charge < -0.3 is 9.84 Å². The van der Waals surface area contributed by atoms with Crippen molar-refractivity contribution in [2.75, 3.05) is 0 Å². The standard InChI is InChI=1S/C14H17N3O2/c1-2-17-14(15-9-16-17)6-13(18)10-3-4-11-7-19-8-12(11)5-10/h3-5,9,13,18H,2,6-8H2,1H3.